The van der Waals surface area contributed by atoms with Crippen LogP contribution >= 0.6 is 0 Å². The molecular weight excluding hydrogens is 284 g/mol. The number of rotatable bonds is 4. The number of aliphatic carboxylic acids is 1. The van der Waals surface area contributed by atoms with Gasteiger partial charge in [0, 0.05) is 12.1 Å². The van der Waals surface area contributed by atoms with E-state index in [0.29, 0.717) is 13.0 Å². The van der Waals surface area contributed by atoms with Crippen molar-refractivity contribution in [1.82, 2.24) is 4.90 Å². The Hall–Kier alpha value is -2.18. The summed E-state index contributed by atoms with van der Waals surface area (Å²) in [6, 6.07) is 4.36. The van der Waals surface area contributed by atoms with E-state index in [1.165, 1.54) is 29.2 Å². The maximum Gasteiger partial charge on any atom is 0.387 e. The number of halogens is 2. The molecule has 1 aliphatic rings. The molecular formula is C14H15F2NO4. The molecule has 1 amide bonds. The summed E-state index contributed by atoms with van der Waals surface area (Å²) in [6.07, 6.45) is 0.620. The van der Waals surface area contributed by atoms with E-state index in [4.69, 9.17) is 0 Å². The van der Waals surface area contributed by atoms with E-state index in [9.17, 15) is 23.5 Å². The zero-order valence-electron chi connectivity index (χ0n) is 11.3. The van der Waals surface area contributed by atoms with Crippen molar-refractivity contribution in [2.24, 2.45) is 5.92 Å². The van der Waals surface area contributed by atoms with E-state index < -0.39 is 24.5 Å². The standard InChI is InChI=1S/C14H15F2NO4/c1-8-6-7-17(11(8)13(19)20)12(18)9-2-4-10(5-3-9)21-14(15)16/h2-5,8,11,14H,6-7H2,1H3,(H,19,20). The summed E-state index contributed by atoms with van der Waals surface area (Å²) in [5, 5.41) is 9.20. The fraction of sp³-hybridized carbons (Fsp3) is 0.429. The van der Waals surface area contributed by atoms with Crippen LogP contribution in [0.2, 0.25) is 0 Å². The number of carboxylic acid groups (broad SMARTS) is 1. The van der Waals surface area contributed by atoms with Crippen LogP contribution in [0.4, 0.5) is 8.78 Å². The third kappa shape index (κ3) is 3.29. The van der Waals surface area contributed by atoms with Gasteiger partial charge in [-0.1, -0.05) is 6.92 Å². The van der Waals surface area contributed by atoms with Gasteiger partial charge in [-0.2, -0.15) is 8.78 Å². The number of hydrogen-bond acceptors (Lipinski definition) is 3. The maximum atomic E-state index is 12.3. The summed E-state index contributed by atoms with van der Waals surface area (Å²) in [6.45, 7) is -0.778. The largest absolute Gasteiger partial charge is 0.480 e. The molecule has 0 aromatic heterocycles. The summed E-state index contributed by atoms with van der Waals surface area (Å²) in [5.74, 6) is -1.62. The van der Waals surface area contributed by atoms with Crippen LogP contribution in [-0.2, 0) is 4.79 Å². The van der Waals surface area contributed by atoms with Gasteiger partial charge in [0.25, 0.3) is 5.91 Å². The lowest BCUT2D eigenvalue weighted by molar-refractivity contribution is -0.142. The van der Waals surface area contributed by atoms with Gasteiger partial charge in [-0.25, -0.2) is 4.79 Å². The molecule has 2 unspecified atom stereocenters. The van der Waals surface area contributed by atoms with Crippen LogP contribution in [0.5, 0.6) is 5.75 Å². The number of amides is 1. The average Bonchev–Trinajstić information content (AvgIpc) is 2.80. The Morgan fingerprint density at radius 2 is 1.95 bits per heavy atom. The summed E-state index contributed by atoms with van der Waals surface area (Å²) in [4.78, 5) is 24.9. The molecule has 1 N–H and O–H groups in total. The second-order valence-electron chi connectivity index (χ2n) is 4.95. The number of carbonyl (C=O) groups excluding carboxylic acids is 1. The minimum atomic E-state index is -2.93. The van der Waals surface area contributed by atoms with Crippen molar-refractivity contribution < 1.29 is 28.2 Å². The Labute approximate surface area is 120 Å². The molecule has 1 aromatic carbocycles. The fourth-order valence-electron chi connectivity index (χ4n) is 2.50. The first kappa shape index (κ1) is 15.2. The van der Waals surface area contributed by atoms with Crippen LogP contribution in [0.25, 0.3) is 0 Å². The molecule has 21 heavy (non-hydrogen) atoms. The van der Waals surface area contributed by atoms with E-state index >= 15 is 0 Å². The number of carboxylic acids is 1. The predicted octanol–water partition coefficient (Wildman–Crippen LogP) is 2.22. The normalized spacial score (nSPS) is 21.6. The number of ether oxygens (including phenoxy) is 1. The maximum absolute atomic E-state index is 12.3. The smallest absolute Gasteiger partial charge is 0.387 e. The van der Waals surface area contributed by atoms with Gasteiger partial charge in [0.15, 0.2) is 0 Å². The Bertz CT molecular complexity index is 532. The van der Waals surface area contributed by atoms with Crippen molar-refractivity contribution in [2.75, 3.05) is 6.54 Å². The second kappa shape index (κ2) is 6.07. The van der Waals surface area contributed by atoms with Crippen molar-refractivity contribution in [3.05, 3.63) is 29.8 Å². The molecule has 0 bridgehead atoms. The molecule has 0 aliphatic carbocycles. The van der Waals surface area contributed by atoms with E-state index in [0.717, 1.165) is 0 Å². The topological polar surface area (TPSA) is 66.8 Å². The SMILES string of the molecule is CC1CCN(C(=O)c2ccc(OC(F)F)cc2)C1C(=O)O. The minimum Gasteiger partial charge on any atom is -0.480 e. The average molecular weight is 299 g/mol. The second-order valence-corrected chi connectivity index (χ2v) is 4.95. The molecule has 2 atom stereocenters. The number of hydrogen-bond donors (Lipinski definition) is 1. The van der Waals surface area contributed by atoms with Crippen molar-refractivity contribution in [2.45, 2.75) is 26.0 Å². The zero-order valence-corrected chi connectivity index (χ0v) is 11.3. The van der Waals surface area contributed by atoms with Crippen LogP contribution in [0, 0.1) is 5.92 Å². The van der Waals surface area contributed by atoms with Gasteiger partial charge in [0.2, 0.25) is 0 Å². The number of likely N-dealkylation sites (tertiary alicyclic amines) is 1. The summed E-state index contributed by atoms with van der Waals surface area (Å²) in [7, 11) is 0. The highest BCUT2D eigenvalue weighted by Gasteiger charge is 2.39. The van der Waals surface area contributed by atoms with Crippen molar-refractivity contribution >= 4 is 11.9 Å². The molecule has 7 heteroatoms. The highest BCUT2D eigenvalue weighted by molar-refractivity contribution is 5.97. The van der Waals surface area contributed by atoms with E-state index in [-0.39, 0.29) is 17.2 Å². The molecule has 2 rings (SSSR count). The van der Waals surface area contributed by atoms with Gasteiger partial charge in [-0.05, 0) is 36.6 Å². The van der Waals surface area contributed by atoms with Gasteiger partial charge >= 0.3 is 12.6 Å². The third-order valence-electron chi connectivity index (χ3n) is 3.54. The molecule has 1 saturated heterocycles. The monoisotopic (exact) mass is 299 g/mol. The van der Waals surface area contributed by atoms with Crippen LogP contribution < -0.4 is 4.74 Å². The Balaban J connectivity index is 2.14. The molecule has 0 saturated carbocycles. The van der Waals surface area contributed by atoms with Gasteiger partial charge in [0.05, 0.1) is 0 Å². The van der Waals surface area contributed by atoms with E-state index in [1.54, 1.807) is 6.92 Å². The molecule has 1 fully saturated rings. The lowest BCUT2D eigenvalue weighted by atomic mass is 10.0. The molecule has 0 radical (unpaired) electrons. The van der Waals surface area contributed by atoms with Gasteiger partial charge in [-0.15, -0.1) is 0 Å². The van der Waals surface area contributed by atoms with Gasteiger partial charge < -0.3 is 14.7 Å². The Kier molecular flexibility index (Phi) is 4.40. The first-order valence-corrected chi connectivity index (χ1v) is 6.49. The molecule has 1 aliphatic heterocycles. The quantitative estimate of drug-likeness (QED) is 0.925. The third-order valence-corrected chi connectivity index (χ3v) is 3.54. The summed E-state index contributed by atoms with van der Waals surface area (Å²) < 4.78 is 28.3. The molecule has 1 heterocycles. The zero-order chi connectivity index (χ0) is 15.6. The molecule has 0 spiro atoms. The van der Waals surface area contributed by atoms with Crippen molar-refractivity contribution in [3.8, 4) is 5.75 Å². The van der Waals surface area contributed by atoms with E-state index in [2.05, 4.69) is 4.74 Å². The Morgan fingerprint density at radius 3 is 2.48 bits per heavy atom. The Morgan fingerprint density at radius 1 is 1.33 bits per heavy atom. The number of carbonyl (C=O) groups is 2. The van der Waals surface area contributed by atoms with Crippen LogP contribution in [-0.4, -0.2) is 41.1 Å². The van der Waals surface area contributed by atoms with Gasteiger partial charge in [0.1, 0.15) is 11.8 Å². The minimum absolute atomic E-state index is 0.0499. The summed E-state index contributed by atoms with van der Waals surface area (Å²) >= 11 is 0. The number of nitrogens with zero attached hydrogens (tertiary/aromatic N) is 1. The van der Waals surface area contributed by atoms with Gasteiger partial charge in [-0.3, -0.25) is 4.79 Å². The fourth-order valence-corrected chi connectivity index (χ4v) is 2.50. The van der Waals surface area contributed by atoms with Crippen molar-refractivity contribution in [3.63, 3.8) is 0 Å². The van der Waals surface area contributed by atoms with Crippen LogP contribution in [0.3, 0.4) is 0 Å². The van der Waals surface area contributed by atoms with Crippen LogP contribution in [0.1, 0.15) is 23.7 Å². The first-order chi connectivity index (χ1) is 9.90. The number of benzene rings is 1. The predicted molar refractivity (Wildman–Crippen MR) is 69.3 cm³/mol. The first-order valence-electron chi connectivity index (χ1n) is 6.49. The lowest BCUT2D eigenvalue weighted by Gasteiger charge is -2.23. The molecule has 1 aromatic rings. The van der Waals surface area contributed by atoms with Crippen LogP contribution in [0.15, 0.2) is 24.3 Å². The lowest BCUT2D eigenvalue weighted by Crippen LogP contribution is -2.42. The summed E-state index contributed by atoms with van der Waals surface area (Å²) in [5.41, 5.74) is 0.247. The van der Waals surface area contributed by atoms with Crippen molar-refractivity contribution in [1.29, 1.82) is 0 Å². The molecule has 114 valence electrons. The molecule has 5 nitrogen and oxygen atoms in total. The highest BCUT2D eigenvalue weighted by Crippen LogP contribution is 2.26. The number of alkyl halides is 2. The highest BCUT2D eigenvalue weighted by atomic mass is 19.3. The van der Waals surface area contributed by atoms with E-state index in [1.807, 2.05) is 0 Å².